The Hall–Kier alpha value is -4.25. The van der Waals surface area contributed by atoms with Gasteiger partial charge in [-0.3, -0.25) is 14.4 Å². The Morgan fingerprint density at radius 3 is 1.90 bits per heavy atom. The van der Waals surface area contributed by atoms with Crippen molar-refractivity contribution in [2.45, 2.75) is 169 Å². The molecule has 0 aliphatic rings. The highest BCUT2D eigenvalue weighted by molar-refractivity contribution is 5.98. The van der Waals surface area contributed by atoms with E-state index in [0.29, 0.717) is 29.8 Å². The molecular formula is C46H81N5O8. The number of esters is 1. The molecule has 2 heterocycles. The lowest BCUT2D eigenvalue weighted by Crippen LogP contribution is -2.32. The van der Waals surface area contributed by atoms with Gasteiger partial charge < -0.3 is 24.2 Å². The van der Waals surface area contributed by atoms with Crippen molar-refractivity contribution in [2.75, 3.05) is 19.8 Å². The standard InChI is InChI=1S/C29H44N4O7.C7H13NO.C4H6.3C2H6/c1-20(2)23(5)38-18-25(32-40-16-24-10-12-27(30-15-24)33-14-8-13-31-33)17-37-21(3)9-11-26(34)22(4)28(35)39-19-29(6,7)36;1-5(2)6(3)8-7(4)9;1-3-4-2;3*1-2/h8,10,12-15,20-23,36H,9,11,16-19H2,1-7H3;5H,1-4H3;1-2H3;3*1-2H3/b32-25-;;;;;. The summed E-state index contributed by atoms with van der Waals surface area (Å²) in [6, 6.07) is 5.58. The van der Waals surface area contributed by atoms with Gasteiger partial charge in [-0.1, -0.05) is 80.5 Å². The van der Waals surface area contributed by atoms with E-state index in [1.165, 1.54) is 27.7 Å². The molecule has 0 fully saturated rings. The summed E-state index contributed by atoms with van der Waals surface area (Å²) < 4.78 is 18.6. The molecule has 0 aliphatic carbocycles. The monoisotopic (exact) mass is 832 g/mol. The summed E-state index contributed by atoms with van der Waals surface area (Å²) in [7, 11) is 0. The van der Waals surface area contributed by atoms with Crippen molar-refractivity contribution in [3.8, 4) is 17.7 Å². The smallest absolute Gasteiger partial charge is 0.316 e. The van der Waals surface area contributed by atoms with Crippen LogP contribution >= 0.6 is 0 Å². The van der Waals surface area contributed by atoms with Crippen molar-refractivity contribution < 1.29 is 38.5 Å². The Bertz CT molecular complexity index is 1460. The lowest BCUT2D eigenvalue weighted by Gasteiger charge is -2.19. The van der Waals surface area contributed by atoms with Crippen molar-refractivity contribution in [3.05, 3.63) is 42.4 Å². The Morgan fingerprint density at radius 2 is 1.47 bits per heavy atom. The maximum atomic E-state index is 12.5. The SMILES string of the molecule is CC.CC.CC.CC#CC.CC(=O)N=C(C)C(C)C.CC(CCC(=O)C(C)C(=O)OCC(C)(C)O)OC/C(COC(C)C(C)C)=N/OCc1ccc(-n2cccn2)nc1. The largest absolute Gasteiger partial charge is 0.462 e. The van der Waals surface area contributed by atoms with Crippen molar-refractivity contribution in [2.24, 2.45) is 27.9 Å². The fourth-order valence-corrected chi connectivity index (χ4v) is 3.52. The van der Waals surface area contributed by atoms with E-state index in [2.05, 4.69) is 45.9 Å². The van der Waals surface area contributed by atoms with Crippen LogP contribution in [-0.2, 0) is 40.0 Å². The number of carbonyl (C=O) groups is 3. The second-order valence-electron chi connectivity index (χ2n) is 13.9. The number of aromatic nitrogens is 3. The average molecular weight is 832 g/mol. The van der Waals surface area contributed by atoms with Gasteiger partial charge >= 0.3 is 5.97 Å². The van der Waals surface area contributed by atoms with Gasteiger partial charge in [0.1, 0.15) is 30.6 Å². The summed E-state index contributed by atoms with van der Waals surface area (Å²) in [5, 5.41) is 18.1. The molecule has 1 N–H and O–H groups in total. The number of Topliss-reactive ketones (excluding diaryl/α,β-unsaturated/α-hetero) is 1. The van der Waals surface area contributed by atoms with Crippen molar-refractivity contribution in [1.82, 2.24) is 14.8 Å². The normalized spacial score (nSPS) is 12.3. The van der Waals surface area contributed by atoms with Gasteiger partial charge in [-0.05, 0) is 85.8 Å². The number of pyridine rings is 1. The Labute approximate surface area is 358 Å². The Morgan fingerprint density at radius 1 is 0.898 bits per heavy atom. The summed E-state index contributed by atoms with van der Waals surface area (Å²) >= 11 is 0. The minimum Gasteiger partial charge on any atom is -0.462 e. The van der Waals surface area contributed by atoms with E-state index >= 15 is 0 Å². The molecule has 0 radical (unpaired) electrons. The fourth-order valence-electron chi connectivity index (χ4n) is 3.52. The molecule has 3 atom stereocenters. The van der Waals surface area contributed by atoms with Crippen LogP contribution in [0.15, 0.2) is 46.9 Å². The van der Waals surface area contributed by atoms with Crippen LogP contribution in [-0.4, -0.2) is 86.6 Å². The highest BCUT2D eigenvalue weighted by atomic mass is 16.6. The Kier molecular flexibility index (Phi) is 39.5. The van der Waals surface area contributed by atoms with E-state index in [9.17, 15) is 19.5 Å². The molecule has 1 amide bonds. The average Bonchev–Trinajstić information content (AvgIpc) is 3.77. The van der Waals surface area contributed by atoms with Gasteiger partial charge in [-0.25, -0.2) is 14.7 Å². The quantitative estimate of drug-likeness (QED) is 0.0474. The molecule has 2 aromatic rings. The number of ketones is 1. The van der Waals surface area contributed by atoms with Gasteiger partial charge in [-0.15, -0.1) is 11.8 Å². The molecule has 13 heteroatoms. The summed E-state index contributed by atoms with van der Waals surface area (Å²) in [5.41, 5.74) is 1.18. The lowest BCUT2D eigenvalue weighted by atomic mass is 10.0. The summed E-state index contributed by atoms with van der Waals surface area (Å²) in [5.74, 6) is 4.88. The van der Waals surface area contributed by atoms with Gasteiger partial charge in [0, 0.05) is 43.2 Å². The molecule has 2 aromatic heterocycles. The maximum Gasteiger partial charge on any atom is 0.316 e. The summed E-state index contributed by atoms with van der Waals surface area (Å²) in [6.07, 6.45) is 5.56. The first-order valence-corrected chi connectivity index (χ1v) is 21.0. The molecule has 0 spiro atoms. The number of aliphatic imine (C=N–C) groups is 1. The van der Waals surface area contributed by atoms with Crippen molar-refractivity contribution in [3.63, 3.8) is 0 Å². The van der Waals surface area contributed by atoms with Crippen LogP contribution in [0.25, 0.3) is 5.82 Å². The number of amides is 1. The van der Waals surface area contributed by atoms with Crippen LogP contribution in [0.2, 0.25) is 0 Å². The molecule has 2 rings (SSSR count). The molecular weight excluding hydrogens is 751 g/mol. The lowest BCUT2D eigenvalue weighted by molar-refractivity contribution is -0.156. The molecule has 0 saturated carbocycles. The van der Waals surface area contributed by atoms with E-state index in [-0.39, 0.29) is 56.7 Å². The zero-order valence-electron chi connectivity index (χ0n) is 40.1. The van der Waals surface area contributed by atoms with E-state index in [4.69, 9.17) is 19.0 Å². The van der Waals surface area contributed by atoms with Crippen LogP contribution in [0.5, 0.6) is 0 Å². The molecule has 0 aliphatic heterocycles. The van der Waals surface area contributed by atoms with Gasteiger partial charge in [0.2, 0.25) is 5.91 Å². The predicted octanol–water partition coefficient (Wildman–Crippen LogP) is 9.66. The van der Waals surface area contributed by atoms with Gasteiger partial charge in [0.05, 0.1) is 31.0 Å². The first kappa shape index (κ1) is 61.4. The zero-order valence-corrected chi connectivity index (χ0v) is 40.1. The second kappa shape index (κ2) is 38.0. The predicted molar refractivity (Wildman–Crippen MR) is 242 cm³/mol. The minimum atomic E-state index is -1.15. The number of aliphatic hydroxyl groups is 1. The molecule has 59 heavy (non-hydrogen) atoms. The van der Waals surface area contributed by atoms with E-state index < -0.39 is 17.5 Å². The zero-order chi connectivity index (χ0) is 46.6. The third kappa shape index (κ3) is 34.3. The number of nitrogens with zero attached hydrogens (tertiary/aromatic N) is 5. The molecule has 0 saturated heterocycles. The first-order valence-electron chi connectivity index (χ1n) is 21.0. The van der Waals surface area contributed by atoms with Gasteiger partial charge in [0.25, 0.3) is 0 Å². The highest BCUT2D eigenvalue weighted by Crippen LogP contribution is 2.12. The van der Waals surface area contributed by atoms with Gasteiger partial charge in [0.15, 0.2) is 5.82 Å². The van der Waals surface area contributed by atoms with Gasteiger partial charge in [-0.2, -0.15) is 5.10 Å². The third-order valence-corrected chi connectivity index (χ3v) is 7.58. The van der Waals surface area contributed by atoms with Crippen LogP contribution in [0.4, 0.5) is 0 Å². The van der Waals surface area contributed by atoms with Crippen LogP contribution in [0.1, 0.15) is 150 Å². The van der Waals surface area contributed by atoms with Crippen molar-refractivity contribution in [1.29, 1.82) is 0 Å². The number of carbonyl (C=O) groups excluding carboxylic acids is 3. The van der Waals surface area contributed by atoms with Crippen LogP contribution in [0, 0.1) is 29.6 Å². The van der Waals surface area contributed by atoms with Crippen LogP contribution in [0.3, 0.4) is 0 Å². The third-order valence-electron chi connectivity index (χ3n) is 7.58. The summed E-state index contributed by atoms with van der Waals surface area (Å²) in [4.78, 5) is 48.7. The molecule has 0 aromatic carbocycles. The number of hydrogen-bond acceptors (Lipinski definition) is 11. The highest BCUT2D eigenvalue weighted by Gasteiger charge is 2.25. The molecule has 338 valence electrons. The maximum absolute atomic E-state index is 12.5. The van der Waals surface area contributed by atoms with Crippen molar-refractivity contribution >= 4 is 29.1 Å². The second-order valence-corrected chi connectivity index (χ2v) is 13.9. The minimum absolute atomic E-state index is 0.0249. The molecule has 13 nitrogen and oxygen atoms in total. The number of oxime groups is 1. The van der Waals surface area contributed by atoms with Crippen LogP contribution < -0.4 is 0 Å². The number of ether oxygens (including phenoxy) is 3. The number of hydrogen-bond donors (Lipinski definition) is 1. The number of rotatable bonds is 19. The molecule has 3 unspecified atom stereocenters. The summed E-state index contributed by atoms with van der Waals surface area (Å²) in [6.45, 7) is 36.0. The molecule has 0 bridgehead atoms. The van der Waals surface area contributed by atoms with E-state index in [1.54, 1.807) is 17.1 Å². The Balaban J connectivity index is -0.000000667. The fraction of sp³-hybridized carbons (Fsp3) is 0.674. The first-order chi connectivity index (χ1) is 27.8. The van der Waals surface area contributed by atoms with E-state index in [0.717, 1.165) is 11.3 Å². The topological polar surface area (TPSA) is 164 Å². The van der Waals surface area contributed by atoms with E-state index in [1.807, 2.05) is 114 Å².